The lowest BCUT2D eigenvalue weighted by Gasteiger charge is -2.47. The lowest BCUT2D eigenvalue weighted by atomic mass is 9.71. The SMILES string of the molecule is COc1ccccc1Oc1cccc(CN2CCC3(CC2)CCN(C(=O)c2cccnc2)CC3)c1. The molecule has 2 aliphatic rings. The number of carbonyl (C=O) groups is 1. The summed E-state index contributed by atoms with van der Waals surface area (Å²) in [6.45, 7) is 4.79. The number of hydrogen-bond donors (Lipinski definition) is 0. The number of pyridine rings is 1. The molecule has 0 atom stereocenters. The van der Waals surface area contributed by atoms with Crippen LogP contribution in [-0.2, 0) is 6.54 Å². The minimum Gasteiger partial charge on any atom is -0.493 e. The largest absolute Gasteiger partial charge is 0.493 e. The summed E-state index contributed by atoms with van der Waals surface area (Å²) in [6, 6.07) is 19.7. The predicted molar refractivity (Wildman–Crippen MR) is 136 cm³/mol. The highest BCUT2D eigenvalue weighted by Crippen LogP contribution is 2.42. The van der Waals surface area contributed by atoms with Gasteiger partial charge in [0.25, 0.3) is 5.91 Å². The number of carbonyl (C=O) groups excluding carboxylic acids is 1. The normalized spacial score (nSPS) is 17.8. The number of ether oxygens (including phenoxy) is 2. The van der Waals surface area contributed by atoms with Crippen LogP contribution in [0.3, 0.4) is 0 Å². The maximum atomic E-state index is 12.8. The minimum atomic E-state index is 0.112. The second-order valence-electron chi connectivity index (χ2n) is 9.71. The first kappa shape index (κ1) is 23.4. The van der Waals surface area contributed by atoms with Crippen LogP contribution in [0.25, 0.3) is 0 Å². The number of rotatable bonds is 6. The molecule has 3 heterocycles. The number of hydrogen-bond acceptors (Lipinski definition) is 5. The Kier molecular flexibility index (Phi) is 7.00. The Hall–Kier alpha value is -3.38. The van der Waals surface area contributed by atoms with Gasteiger partial charge in [0.15, 0.2) is 11.5 Å². The van der Waals surface area contributed by atoms with Crippen LogP contribution < -0.4 is 9.47 Å². The van der Waals surface area contributed by atoms with E-state index in [9.17, 15) is 4.79 Å². The molecule has 0 aliphatic carbocycles. The zero-order chi connectivity index (χ0) is 24.1. The van der Waals surface area contributed by atoms with Crippen LogP contribution in [-0.4, -0.2) is 54.0 Å². The molecular weight excluding hydrogens is 438 g/mol. The van der Waals surface area contributed by atoms with Gasteiger partial charge in [-0.15, -0.1) is 0 Å². The van der Waals surface area contributed by atoms with Crippen LogP contribution in [0.4, 0.5) is 0 Å². The van der Waals surface area contributed by atoms with Gasteiger partial charge in [0, 0.05) is 32.0 Å². The van der Waals surface area contributed by atoms with Crippen molar-refractivity contribution in [2.24, 2.45) is 5.41 Å². The van der Waals surface area contributed by atoms with E-state index in [0.717, 1.165) is 62.8 Å². The van der Waals surface area contributed by atoms with Crippen molar-refractivity contribution < 1.29 is 14.3 Å². The quantitative estimate of drug-likeness (QED) is 0.482. The van der Waals surface area contributed by atoms with Gasteiger partial charge in [-0.05, 0) is 86.1 Å². The van der Waals surface area contributed by atoms with E-state index in [1.807, 2.05) is 47.4 Å². The minimum absolute atomic E-state index is 0.112. The van der Waals surface area contributed by atoms with Gasteiger partial charge in [-0.3, -0.25) is 14.7 Å². The molecule has 35 heavy (non-hydrogen) atoms. The molecule has 2 aliphatic heterocycles. The molecule has 2 fully saturated rings. The molecule has 0 saturated carbocycles. The topological polar surface area (TPSA) is 54.9 Å². The highest BCUT2D eigenvalue weighted by molar-refractivity contribution is 5.93. The van der Waals surface area contributed by atoms with E-state index in [4.69, 9.17) is 9.47 Å². The Bertz CT molecular complexity index is 1130. The molecule has 2 aromatic carbocycles. The molecule has 1 aromatic heterocycles. The van der Waals surface area contributed by atoms with E-state index >= 15 is 0 Å². The standard InChI is InChI=1S/C29H33N3O3/c1-34-26-9-2-3-10-27(26)35-25-8-4-6-23(20-25)22-31-16-11-29(12-17-31)13-18-32(19-14-29)28(33)24-7-5-15-30-21-24/h2-10,15,20-21H,11-14,16-19,22H2,1H3. The zero-order valence-electron chi connectivity index (χ0n) is 20.4. The molecule has 182 valence electrons. The molecule has 1 amide bonds. The van der Waals surface area contributed by atoms with Crippen LogP contribution in [0, 0.1) is 5.41 Å². The van der Waals surface area contributed by atoms with E-state index in [1.165, 1.54) is 18.4 Å². The van der Waals surface area contributed by atoms with E-state index in [1.54, 1.807) is 19.5 Å². The third kappa shape index (κ3) is 5.49. The molecular formula is C29H33N3O3. The van der Waals surface area contributed by atoms with Crippen LogP contribution in [0.5, 0.6) is 17.2 Å². The fourth-order valence-corrected chi connectivity index (χ4v) is 5.34. The second-order valence-corrected chi connectivity index (χ2v) is 9.71. The van der Waals surface area contributed by atoms with Crippen LogP contribution in [0.2, 0.25) is 0 Å². The first-order chi connectivity index (χ1) is 17.1. The van der Waals surface area contributed by atoms with Crippen molar-refractivity contribution in [2.75, 3.05) is 33.3 Å². The fraction of sp³-hybridized carbons (Fsp3) is 0.379. The summed E-state index contributed by atoms with van der Waals surface area (Å²) in [5, 5.41) is 0. The maximum Gasteiger partial charge on any atom is 0.255 e. The van der Waals surface area contributed by atoms with E-state index < -0.39 is 0 Å². The van der Waals surface area contributed by atoms with Gasteiger partial charge in [-0.1, -0.05) is 24.3 Å². The predicted octanol–water partition coefficient (Wildman–Crippen LogP) is 5.40. The average Bonchev–Trinajstić information content (AvgIpc) is 2.91. The second kappa shape index (κ2) is 10.5. The van der Waals surface area contributed by atoms with Crippen molar-refractivity contribution >= 4 is 5.91 Å². The molecule has 1 spiro atoms. The number of benzene rings is 2. The summed E-state index contributed by atoms with van der Waals surface area (Å²) in [4.78, 5) is 21.4. The number of nitrogens with zero attached hydrogens (tertiary/aromatic N) is 3. The Morgan fingerprint density at radius 1 is 0.914 bits per heavy atom. The van der Waals surface area contributed by atoms with Crippen molar-refractivity contribution in [3.63, 3.8) is 0 Å². The fourth-order valence-electron chi connectivity index (χ4n) is 5.34. The maximum absolute atomic E-state index is 12.8. The smallest absolute Gasteiger partial charge is 0.255 e. The number of amides is 1. The van der Waals surface area contributed by atoms with Crippen molar-refractivity contribution in [1.82, 2.24) is 14.8 Å². The monoisotopic (exact) mass is 471 g/mol. The summed E-state index contributed by atoms with van der Waals surface area (Å²) >= 11 is 0. The van der Waals surface area contributed by atoms with Gasteiger partial charge in [0.05, 0.1) is 12.7 Å². The summed E-state index contributed by atoms with van der Waals surface area (Å²) in [5.41, 5.74) is 2.32. The Morgan fingerprint density at radius 2 is 1.66 bits per heavy atom. The van der Waals surface area contributed by atoms with Gasteiger partial charge in [-0.25, -0.2) is 0 Å². The van der Waals surface area contributed by atoms with Crippen LogP contribution in [0.1, 0.15) is 41.6 Å². The summed E-state index contributed by atoms with van der Waals surface area (Å²) < 4.78 is 11.5. The molecule has 0 N–H and O–H groups in total. The molecule has 5 rings (SSSR count). The summed E-state index contributed by atoms with van der Waals surface area (Å²) in [5.74, 6) is 2.39. The number of aromatic nitrogens is 1. The molecule has 3 aromatic rings. The van der Waals surface area contributed by atoms with Crippen molar-refractivity contribution in [3.8, 4) is 17.2 Å². The number of likely N-dealkylation sites (tertiary alicyclic amines) is 2. The molecule has 0 bridgehead atoms. The molecule has 6 heteroatoms. The van der Waals surface area contributed by atoms with Gasteiger partial charge in [0.2, 0.25) is 0 Å². The van der Waals surface area contributed by atoms with Gasteiger partial charge >= 0.3 is 0 Å². The molecule has 0 radical (unpaired) electrons. The Balaban J connectivity index is 1.13. The number of piperidine rings is 2. The number of methoxy groups -OCH3 is 1. The van der Waals surface area contributed by atoms with E-state index in [-0.39, 0.29) is 5.91 Å². The molecule has 6 nitrogen and oxygen atoms in total. The third-order valence-electron chi connectivity index (χ3n) is 7.54. The number of para-hydroxylation sites is 2. The van der Waals surface area contributed by atoms with Crippen molar-refractivity contribution in [1.29, 1.82) is 0 Å². The third-order valence-corrected chi connectivity index (χ3v) is 7.54. The molecule has 0 unspecified atom stereocenters. The highest BCUT2D eigenvalue weighted by Gasteiger charge is 2.38. The van der Waals surface area contributed by atoms with Gasteiger partial charge < -0.3 is 14.4 Å². The van der Waals surface area contributed by atoms with E-state index in [0.29, 0.717) is 11.0 Å². The first-order valence-electron chi connectivity index (χ1n) is 12.5. The molecule has 2 saturated heterocycles. The lowest BCUT2D eigenvalue weighted by molar-refractivity contribution is 0.0285. The zero-order valence-corrected chi connectivity index (χ0v) is 20.4. The van der Waals surface area contributed by atoms with Crippen LogP contribution >= 0.6 is 0 Å². The van der Waals surface area contributed by atoms with Crippen molar-refractivity contribution in [2.45, 2.75) is 32.2 Å². The van der Waals surface area contributed by atoms with Crippen LogP contribution in [0.15, 0.2) is 73.1 Å². The lowest BCUT2D eigenvalue weighted by Crippen LogP contribution is -2.48. The Morgan fingerprint density at radius 3 is 2.37 bits per heavy atom. The first-order valence-corrected chi connectivity index (χ1v) is 12.5. The van der Waals surface area contributed by atoms with Gasteiger partial charge in [0.1, 0.15) is 5.75 Å². The van der Waals surface area contributed by atoms with Crippen molar-refractivity contribution in [3.05, 3.63) is 84.2 Å². The van der Waals surface area contributed by atoms with Gasteiger partial charge in [-0.2, -0.15) is 0 Å². The Labute approximate surface area is 207 Å². The highest BCUT2D eigenvalue weighted by atomic mass is 16.5. The summed E-state index contributed by atoms with van der Waals surface area (Å²) in [7, 11) is 1.66. The average molecular weight is 472 g/mol. The van der Waals surface area contributed by atoms with E-state index in [2.05, 4.69) is 28.1 Å². The summed E-state index contributed by atoms with van der Waals surface area (Å²) in [6.07, 6.45) is 7.95.